The van der Waals surface area contributed by atoms with Gasteiger partial charge < -0.3 is 0 Å². The molecule has 4 heterocycles. The van der Waals surface area contributed by atoms with Gasteiger partial charge in [0.15, 0.2) is 5.82 Å². The molecule has 0 bridgehead atoms. The summed E-state index contributed by atoms with van der Waals surface area (Å²) in [6.07, 6.45) is 7.90. The first-order valence-electron chi connectivity index (χ1n) is 10.3. The molecule has 3 aromatic rings. The number of nitrogens with zero attached hydrogens (tertiary/aromatic N) is 7. The average molecular weight is 423 g/mol. The molecule has 0 radical (unpaired) electrons. The summed E-state index contributed by atoms with van der Waals surface area (Å²) in [5.74, 6) is -2.55. The first kappa shape index (κ1) is 18.4. The third kappa shape index (κ3) is 2.49. The summed E-state index contributed by atoms with van der Waals surface area (Å²) in [6.45, 7) is 2.34. The quantitative estimate of drug-likeness (QED) is 0.643. The van der Waals surface area contributed by atoms with E-state index in [2.05, 4.69) is 16.3 Å². The number of hydrogen-bond donors (Lipinski definition) is 0. The molecule has 1 saturated heterocycles. The second-order valence-corrected chi connectivity index (χ2v) is 8.87. The van der Waals surface area contributed by atoms with Gasteiger partial charge in [-0.25, -0.2) is 18.3 Å². The molecule has 1 unspecified atom stereocenters. The Kier molecular flexibility index (Phi) is 3.49. The van der Waals surface area contributed by atoms with Gasteiger partial charge in [-0.2, -0.15) is 15.5 Å². The first-order chi connectivity index (χ1) is 14.8. The summed E-state index contributed by atoms with van der Waals surface area (Å²) in [5, 5.41) is 18.3. The molecule has 1 aliphatic heterocycles. The van der Waals surface area contributed by atoms with Crippen LogP contribution in [0.3, 0.4) is 0 Å². The number of alkyl halides is 2. The maximum absolute atomic E-state index is 13.5. The van der Waals surface area contributed by atoms with Crippen molar-refractivity contribution in [1.29, 1.82) is 5.26 Å². The van der Waals surface area contributed by atoms with Crippen molar-refractivity contribution < 1.29 is 13.6 Å². The summed E-state index contributed by atoms with van der Waals surface area (Å²) in [5.41, 5.74) is 0.671. The van der Waals surface area contributed by atoms with E-state index in [4.69, 9.17) is 4.98 Å². The lowest BCUT2D eigenvalue weighted by Gasteiger charge is -2.23. The molecule has 8 nitrogen and oxygen atoms in total. The zero-order valence-electron chi connectivity index (χ0n) is 16.7. The lowest BCUT2D eigenvalue weighted by molar-refractivity contribution is -0.124. The molecule has 0 N–H and O–H groups in total. The number of amides is 1. The van der Waals surface area contributed by atoms with E-state index < -0.39 is 17.4 Å². The minimum atomic E-state index is -2.73. The van der Waals surface area contributed by atoms with Crippen LogP contribution in [0.4, 0.5) is 14.6 Å². The topological polar surface area (TPSA) is 92.1 Å². The highest BCUT2D eigenvalue weighted by Gasteiger charge is 2.61. The number of carbonyl (C=O) groups excluding carboxylic acids is 1. The second-order valence-electron chi connectivity index (χ2n) is 8.87. The molecule has 2 saturated carbocycles. The minimum absolute atomic E-state index is 0.0903. The highest BCUT2D eigenvalue weighted by molar-refractivity contribution is 6.04. The van der Waals surface area contributed by atoms with E-state index in [1.165, 1.54) is 10.9 Å². The molecule has 10 heteroatoms. The number of aromatic nitrogens is 5. The maximum atomic E-state index is 13.5. The van der Waals surface area contributed by atoms with Crippen LogP contribution in [0.1, 0.15) is 32.2 Å². The van der Waals surface area contributed by atoms with Crippen molar-refractivity contribution in [3.05, 3.63) is 30.9 Å². The zero-order chi connectivity index (χ0) is 21.5. The molecule has 3 aliphatic rings. The van der Waals surface area contributed by atoms with E-state index >= 15 is 0 Å². The van der Waals surface area contributed by atoms with Crippen molar-refractivity contribution in [2.24, 2.45) is 17.3 Å². The van der Waals surface area contributed by atoms with E-state index in [1.54, 1.807) is 34.1 Å². The van der Waals surface area contributed by atoms with Crippen LogP contribution < -0.4 is 4.90 Å². The van der Waals surface area contributed by atoms with Crippen LogP contribution in [0.2, 0.25) is 0 Å². The normalized spacial score (nSPS) is 29.5. The molecule has 3 aromatic heterocycles. The molecular weight excluding hydrogens is 404 g/mol. The van der Waals surface area contributed by atoms with Gasteiger partial charge in [0.1, 0.15) is 17.0 Å². The van der Waals surface area contributed by atoms with Gasteiger partial charge in [0.2, 0.25) is 5.91 Å². The fourth-order valence-corrected chi connectivity index (χ4v) is 4.86. The van der Waals surface area contributed by atoms with Crippen molar-refractivity contribution >= 4 is 17.2 Å². The van der Waals surface area contributed by atoms with Crippen LogP contribution in [0.15, 0.2) is 30.9 Å². The van der Waals surface area contributed by atoms with Gasteiger partial charge in [-0.1, -0.05) is 6.92 Å². The Balaban J connectivity index is 1.43. The first-order valence-corrected chi connectivity index (χ1v) is 10.3. The van der Waals surface area contributed by atoms with Crippen LogP contribution in [0.5, 0.6) is 0 Å². The van der Waals surface area contributed by atoms with Crippen molar-refractivity contribution in [3.63, 3.8) is 0 Å². The van der Waals surface area contributed by atoms with E-state index in [9.17, 15) is 18.8 Å². The summed E-state index contributed by atoms with van der Waals surface area (Å²) in [7, 11) is 0. The van der Waals surface area contributed by atoms with Crippen molar-refractivity contribution in [2.75, 3.05) is 11.4 Å². The van der Waals surface area contributed by atoms with E-state index in [0.717, 1.165) is 12.8 Å². The largest absolute Gasteiger partial charge is 0.293 e. The van der Waals surface area contributed by atoms with Gasteiger partial charge in [0.05, 0.1) is 30.4 Å². The fourth-order valence-electron chi connectivity index (χ4n) is 4.86. The summed E-state index contributed by atoms with van der Waals surface area (Å²) < 4.78 is 29.7. The second kappa shape index (κ2) is 5.87. The number of carbonyl (C=O) groups is 1. The van der Waals surface area contributed by atoms with Gasteiger partial charge in [-0.3, -0.25) is 14.4 Å². The van der Waals surface area contributed by atoms with E-state index in [1.807, 2.05) is 6.92 Å². The Morgan fingerprint density at radius 1 is 1.26 bits per heavy atom. The van der Waals surface area contributed by atoms with Gasteiger partial charge in [0.25, 0.3) is 5.92 Å². The molecular formula is C21H19F2N7O. The predicted octanol–water partition coefficient (Wildman–Crippen LogP) is 3.08. The standard InChI is InChI=1S/C21H19F2N7O/c1-12-8-28(19(31)20(12,11-24)14-2-3-14)18-16-4-5-25-29(16)10-15(27-18)13-7-26-30(9-13)17-6-21(17,22)23/h4-5,7,9-10,12,14,17H,2-3,6,8H2,1H3/t12-,17?,20+/m1/s1. The van der Waals surface area contributed by atoms with Gasteiger partial charge in [-0.15, -0.1) is 0 Å². The summed E-state index contributed by atoms with van der Waals surface area (Å²) in [4.78, 5) is 19.8. The number of nitriles is 1. The van der Waals surface area contributed by atoms with Crippen LogP contribution in [-0.4, -0.2) is 42.8 Å². The Hall–Kier alpha value is -3.35. The lowest BCUT2D eigenvalue weighted by Crippen LogP contribution is -2.37. The number of fused-ring (bicyclic) bond motifs is 1. The Labute approximate surface area is 176 Å². The van der Waals surface area contributed by atoms with E-state index in [0.29, 0.717) is 29.1 Å². The molecule has 3 fully saturated rings. The third-order valence-electron chi connectivity index (χ3n) is 6.87. The monoisotopic (exact) mass is 423 g/mol. The highest BCUT2D eigenvalue weighted by atomic mass is 19.3. The number of anilines is 1. The Morgan fingerprint density at radius 3 is 2.71 bits per heavy atom. The molecule has 6 rings (SSSR count). The van der Waals surface area contributed by atoms with Gasteiger partial charge in [0, 0.05) is 30.6 Å². The summed E-state index contributed by atoms with van der Waals surface area (Å²) in [6, 6.07) is 3.17. The maximum Gasteiger partial charge on any atom is 0.272 e. The Bertz CT molecular complexity index is 1270. The zero-order valence-corrected chi connectivity index (χ0v) is 16.7. The number of rotatable bonds is 4. The molecule has 2 aliphatic carbocycles. The smallest absolute Gasteiger partial charge is 0.272 e. The number of hydrogen-bond acceptors (Lipinski definition) is 5. The minimum Gasteiger partial charge on any atom is -0.293 e. The summed E-state index contributed by atoms with van der Waals surface area (Å²) >= 11 is 0. The van der Waals surface area contributed by atoms with Crippen molar-refractivity contribution in [1.82, 2.24) is 24.4 Å². The van der Waals surface area contributed by atoms with Crippen LogP contribution in [-0.2, 0) is 4.79 Å². The van der Waals surface area contributed by atoms with E-state index in [-0.39, 0.29) is 24.2 Å². The molecule has 31 heavy (non-hydrogen) atoms. The van der Waals surface area contributed by atoms with Crippen molar-refractivity contribution in [3.8, 4) is 17.3 Å². The third-order valence-corrected chi connectivity index (χ3v) is 6.87. The van der Waals surface area contributed by atoms with Gasteiger partial charge in [-0.05, 0) is 24.8 Å². The Morgan fingerprint density at radius 2 is 2.03 bits per heavy atom. The SMILES string of the molecule is C[C@@H]1CN(c2nc(-c3cnn(C4CC4(F)F)c3)cn3nccc23)C(=O)[C@]1(C#N)C1CC1. The molecule has 158 valence electrons. The lowest BCUT2D eigenvalue weighted by atomic mass is 9.75. The molecule has 1 amide bonds. The number of halogens is 2. The van der Waals surface area contributed by atoms with Crippen molar-refractivity contribution in [2.45, 2.75) is 38.2 Å². The predicted molar refractivity (Wildman–Crippen MR) is 105 cm³/mol. The molecule has 0 aromatic carbocycles. The van der Waals surface area contributed by atoms with Crippen LogP contribution in [0.25, 0.3) is 16.8 Å². The fraction of sp³-hybridized carbons (Fsp3) is 0.476. The van der Waals surface area contributed by atoms with Crippen LogP contribution >= 0.6 is 0 Å². The average Bonchev–Trinajstić information content (AvgIpc) is 3.50. The molecule has 0 spiro atoms. The van der Waals surface area contributed by atoms with Gasteiger partial charge >= 0.3 is 0 Å². The highest BCUT2D eigenvalue weighted by Crippen LogP contribution is 2.55. The van der Waals surface area contributed by atoms with Crippen LogP contribution in [0, 0.1) is 28.6 Å². The molecule has 3 atom stereocenters.